The molecule has 0 aromatic heterocycles. The van der Waals surface area contributed by atoms with Gasteiger partial charge in [-0.25, -0.2) is 0 Å². The zero-order valence-electron chi connectivity index (χ0n) is 9.44. The lowest BCUT2D eigenvalue weighted by atomic mass is 10.1. The van der Waals surface area contributed by atoms with Gasteiger partial charge in [0.25, 0.3) is 0 Å². The van der Waals surface area contributed by atoms with Crippen LogP contribution in [0, 0.1) is 0 Å². The van der Waals surface area contributed by atoms with Crippen LogP contribution in [-0.4, -0.2) is 43.9 Å². The monoisotopic (exact) mass is 209 g/mol. The van der Waals surface area contributed by atoms with Gasteiger partial charge >= 0.3 is 0 Å². The molecule has 15 heavy (non-hydrogen) atoms. The molecule has 0 radical (unpaired) electrons. The highest BCUT2D eigenvalue weighted by molar-refractivity contribution is 5.33. The van der Waals surface area contributed by atoms with Crippen molar-refractivity contribution in [3.8, 4) is 5.75 Å². The fourth-order valence-corrected chi connectivity index (χ4v) is 1.50. The van der Waals surface area contributed by atoms with Gasteiger partial charge in [0.05, 0.1) is 13.7 Å². The summed E-state index contributed by atoms with van der Waals surface area (Å²) in [5.74, 6) is 0.940. The van der Waals surface area contributed by atoms with Gasteiger partial charge in [0, 0.05) is 13.1 Å². The molecule has 84 valence electrons. The maximum absolute atomic E-state index is 8.77. The molecular formula is C12H19NO2. The van der Waals surface area contributed by atoms with E-state index < -0.39 is 0 Å². The highest BCUT2D eigenvalue weighted by Crippen LogP contribution is 2.17. The van der Waals surface area contributed by atoms with Gasteiger partial charge in [0.15, 0.2) is 0 Å². The topological polar surface area (TPSA) is 32.7 Å². The standard InChI is InChI=1S/C12H19NO2/c1-13(9-10-14)8-7-11-5-3-4-6-12(11)15-2/h3-6,14H,7-10H2,1-2H3. The Kier molecular flexibility index (Phi) is 5.15. The molecular weight excluding hydrogens is 190 g/mol. The first-order valence-corrected chi connectivity index (χ1v) is 5.19. The van der Waals surface area contributed by atoms with Crippen LogP contribution in [-0.2, 0) is 6.42 Å². The van der Waals surface area contributed by atoms with Crippen LogP contribution in [0.3, 0.4) is 0 Å². The molecule has 0 atom stereocenters. The SMILES string of the molecule is COc1ccccc1CCN(C)CCO. The highest BCUT2D eigenvalue weighted by Gasteiger charge is 2.03. The number of benzene rings is 1. The predicted molar refractivity (Wildman–Crippen MR) is 61.3 cm³/mol. The van der Waals surface area contributed by atoms with Crippen molar-refractivity contribution in [2.75, 3.05) is 33.9 Å². The molecule has 0 fully saturated rings. The second-order valence-electron chi connectivity index (χ2n) is 3.59. The number of hydrogen-bond donors (Lipinski definition) is 1. The van der Waals surface area contributed by atoms with E-state index in [2.05, 4.69) is 11.0 Å². The van der Waals surface area contributed by atoms with Gasteiger partial charge in [-0.05, 0) is 25.1 Å². The van der Waals surface area contributed by atoms with Crippen molar-refractivity contribution in [3.63, 3.8) is 0 Å². The summed E-state index contributed by atoms with van der Waals surface area (Å²) in [4.78, 5) is 2.10. The zero-order chi connectivity index (χ0) is 11.1. The molecule has 0 bridgehead atoms. The van der Waals surface area contributed by atoms with E-state index in [1.54, 1.807) is 7.11 Å². The van der Waals surface area contributed by atoms with Crippen molar-refractivity contribution in [2.24, 2.45) is 0 Å². The van der Waals surface area contributed by atoms with Gasteiger partial charge in [-0.1, -0.05) is 18.2 Å². The third-order valence-corrected chi connectivity index (χ3v) is 2.44. The molecule has 0 unspecified atom stereocenters. The first-order chi connectivity index (χ1) is 7.27. The number of rotatable bonds is 6. The van der Waals surface area contributed by atoms with Gasteiger partial charge in [-0.3, -0.25) is 0 Å². The lowest BCUT2D eigenvalue weighted by Gasteiger charge is -2.15. The summed E-state index contributed by atoms with van der Waals surface area (Å²) < 4.78 is 5.27. The lowest BCUT2D eigenvalue weighted by molar-refractivity contribution is 0.222. The normalized spacial score (nSPS) is 10.7. The third kappa shape index (κ3) is 3.90. The zero-order valence-corrected chi connectivity index (χ0v) is 9.44. The molecule has 0 aliphatic carbocycles. The van der Waals surface area contributed by atoms with Crippen molar-refractivity contribution in [3.05, 3.63) is 29.8 Å². The second-order valence-corrected chi connectivity index (χ2v) is 3.59. The minimum absolute atomic E-state index is 0.211. The van der Waals surface area contributed by atoms with Gasteiger partial charge in [0.2, 0.25) is 0 Å². The molecule has 3 nitrogen and oxygen atoms in total. The summed E-state index contributed by atoms with van der Waals surface area (Å²) >= 11 is 0. The summed E-state index contributed by atoms with van der Waals surface area (Å²) in [6.07, 6.45) is 0.945. The molecule has 0 amide bonds. The number of ether oxygens (including phenoxy) is 1. The van der Waals surface area contributed by atoms with Gasteiger partial charge in [0.1, 0.15) is 5.75 Å². The van der Waals surface area contributed by atoms with E-state index in [4.69, 9.17) is 9.84 Å². The number of likely N-dealkylation sites (N-methyl/N-ethyl adjacent to an activating group) is 1. The van der Waals surface area contributed by atoms with Crippen LogP contribution >= 0.6 is 0 Å². The van der Waals surface area contributed by atoms with Crippen molar-refractivity contribution in [2.45, 2.75) is 6.42 Å². The predicted octanol–water partition coefficient (Wildman–Crippen LogP) is 1.16. The largest absolute Gasteiger partial charge is 0.496 e. The van der Waals surface area contributed by atoms with E-state index in [1.807, 2.05) is 25.2 Å². The number of aliphatic hydroxyl groups excluding tert-OH is 1. The Bertz CT molecular complexity index is 289. The van der Waals surface area contributed by atoms with Crippen LogP contribution in [0.2, 0.25) is 0 Å². The number of para-hydroxylation sites is 1. The van der Waals surface area contributed by atoms with Crippen LogP contribution in [0.5, 0.6) is 5.75 Å². The minimum Gasteiger partial charge on any atom is -0.496 e. The molecule has 1 N–H and O–H groups in total. The van der Waals surface area contributed by atoms with Crippen molar-refractivity contribution >= 4 is 0 Å². The third-order valence-electron chi connectivity index (χ3n) is 2.44. The van der Waals surface area contributed by atoms with E-state index >= 15 is 0 Å². The Morgan fingerprint density at radius 3 is 2.67 bits per heavy atom. The second kappa shape index (κ2) is 6.43. The number of nitrogens with zero attached hydrogens (tertiary/aromatic N) is 1. The van der Waals surface area contributed by atoms with Crippen LogP contribution in [0.15, 0.2) is 24.3 Å². The summed E-state index contributed by atoms with van der Waals surface area (Å²) in [7, 11) is 3.70. The summed E-state index contributed by atoms with van der Waals surface area (Å²) in [5, 5.41) is 8.77. The quantitative estimate of drug-likeness (QED) is 0.763. The van der Waals surface area contributed by atoms with E-state index in [-0.39, 0.29) is 6.61 Å². The van der Waals surface area contributed by atoms with Gasteiger partial charge < -0.3 is 14.7 Å². The molecule has 0 aliphatic rings. The van der Waals surface area contributed by atoms with Gasteiger partial charge in [-0.2, -0.15) is 0 Å². The van der Waals surface area contributed by atoms with E-state index in [0.717, 1.165) is 25.3 Å². The molecule has 0 saturated heterocycles. The molecule has 0 spiro atoms. The van der Waals surface area contributed by atoms with Crippen LogP contribution in [0.1, 0.15) is 5.56 Å². The smallest absolute Gasteiger partial charge is 0.122 e. The number of aliphatic hydroxyl groups is 1. The number of methoxy groups -OCH3 is 1. The molecule has 1 rings (SSSR count). The fraction of sp³-hybridized carbons (Fsp3) is 0.500. The maximum atomic E-state index is 8.77. The molecule has 0 aliphatic heterocycles. The Hall–Kier alpha value is -1.06. The Morgan fingerprint density at radius 1 is 1.27 bits per heavy atom. The van der Waals surface area contributed by atoms with Crippen LogP contribution < -0.4 is 4.74 Å². The van der Waals surface area contributed by atoms with Crippen molar-refractivity contribution < 1.29 is 9.84 Å². The summed E-state index contributed by atoms with van der Waals surface area (Å²) in [5.41, 5.74) is 1.21. The van der Waals surface area contributed by atoms with Crippen molar-refractivity contribution in [1.82, 2.24) is 4.90 Å². The summed E-state index contributed by atoms with van der Waals surface area (Å²) in [6.45, 7) is 1.86. The first kappa shape index (κ1) is 12.0. The average Bonchev–Trinajstić information content (AvgIpc) is 2.27. The van der Waals surface area contributed by atoms with E-state index in [0.29, 0.717) is 0 Å². The average molecular weight is 209 g/mol. The highest BCUT2D eigenvalue weighted by atomic mass is 16.5. The van der Waals surface area contributed by atoms with Crippen LogP contribution in [0.25, 0.3) is 0 Å². The number of hydrogen-bond acceptors (Lipinski definition) is 3. The molecule has 3 heteroatoms. The lowest BCUT2D eigenvalue weighted by Crippen LogP contribution is -2.24. The van der Waals surface area contributed by atoms with E-state index in [1.165, 1.54) is 5.56 Å². The molecule has 0 saturated carbocycles. The molecule has 1 aromatic carbocycles. The summed E-state index contributed by atoms with van der Waals surface area (Å²) in [6, 6.07) is 8.04. The minimum atomic E-state index is 0.211. The Labute approximate surface area is 91.3 Å². The first-order valence-electron chi connectivity index (χ1n) is 5.19. The molecule has 0 heterocycles. The maximum Gasteiger partial charge on any atom is 0.122 e. The Morgan fingerprint density at radius 2 is 2.00 bits per heavy atom. The van der Waals surface area contributed by atoms with E-state index in [9.17, 15) is 0 Å². The fourth-order valence-electron chi connectivity index (χ4n) is 1.50. The van der Waals surface area contributed by atoms with Gasteiger partial charge in [-0.15, -0.1) is 0 Å². The Balaban J connectivity index is 2.49. The van der Waals surface area contributed by atoms with Crippen molar-refractivity contribution in [1.29, 1.82) is 0 Å². The molecule has 1 aromatic rings. The van der Waals surface area contributed by atoms with Crippen LogP contribution in [0.4, 0.5) is 0 Å².